The Kier molecular flexibility index (Phi) is 6.13. The van der Waals surface area contributed by atoms with Gasteiger partial charge in [-0.1, -0.05) is 0 Å². The lowest BCUT2D eigenvalue weighted by atomic mass is 10.2. The van der Waals surface area contributed by atoms with E-state index in [0.717, 1.165) is 0 Å². The normalized spacial score (nSPS) is 11.3. The number of ether oxygens (including phenoxy) is 2. The molecule has 0 bridgehead atoms. The average Bonchev–Trinajstić information content (AvgIpc) is 2.97. The van der Waals surface area contributed by atoms with Crippen LogP contribution in [0, 0.1) is 0 Å². The number of hydrogen-bond donors (Lipinski definition) is 1. The van der Waals surface area contributed by atoms with E-state index in [-0.39, 0.29) is 18.6 Å². The van der Waals surface area contributed by atoms with Gasteiger partial charge in [0.15, 0.2) is 4.96 Å². The van der Waals surface area contributed by atoms with Gasteiger partial charge in [-0.2, -0.15) is 0 Å². The van der Waals surface area contributed by atoms with Crippen LogP contribution in [0.1, 0.15) is 39.3 Å². The van der Waals surface area contributed by atoms with Crippen LogP contribution in [0.2, 0.25) is 0 Å². The van der Waals surface area contributed by atoms with Crippen molar-refractivity contribution >= 4 is 28.4 Å². The molecule has 0 atom stereocenters. The van der Waals surface area contributed by atoms with Gasteiger partial charge in [-0.15, -0.1) is 11.3 Å². The summed E-state index contributed by atoms with van der Waals surface area (Å²) >= 11 is 1.33. The maximum atomic E-state index is 11.8. The molecule has 9 heteroatoms. The fourth-order valence-electron chi connectivity index (χ4n) is 1.93. The molecule has 0 spiro atoms. The number of esters is 1. The highest BCUT2D eigenvalue weighted by Gasteiger charge is 2.15. The minimum atomic E-state index is -0.557. The van der Waals surface area contributed by atoms with Crippen LogP contribution in [0.3, 0.4) is 0 Å². The molecule has 0 aliphatic heterocycles. The molecular weight excluding hydrogens is 346 g/mol. The van der Waals surface area contributed by atoms with E-state index in [1.807, 2.05) is 0 Å². The van der Waals surface area contributed by atoms with Gasteiger partial charge in [-0.3, -0.25) is 14.0 Å². The summed E-state index contributed by atoms with van der Waals surface area (Å²) < 4.78 is 11.6. The van der Waals surface area contributed by atoms with Crippen molar-refractivity contribution in [2.75, 3.05) is 6.54 Å². The SMILES string of the molecule is CC(C)(C)OC(=O)NCCCC(=O)OCc1cc(=O)n2ccsc2n1. The number of carbonyl (C=O) groups is 2. The highest BCUT2D eigenvalue weighted by atomic mass is 32.1. The van der Waals surface area contributed by atoms with E-state index in [9.17, 15) is 14.4 Å². The van der Waals surface area contributed by atoms with Crippen LogP contribution in [0.4, 0.5) is 4.79 Å². The van der Waals surface area contributed by atoms with Crippen LogP contribution in [-0.4, -0.2) is 33.6 Å². The van der Waals surface area contributed by atoms with E-state index >= 15 is 0 Å². The molecule has 0 radical (unpaired) electrons. The van der Waals surface area contributed by atoms with Crippen LogP contribution < -0.4 is 10.9 Å². The van der Waals surface area contributed by atoms with Crippen molar-refractivity contribution in [1.29, 1.82) is 0 Å². The summed E-state index contributed by atoms with van der Waals surface area (Å²) in [6, 6.07) is 1.34. The van der Waals surface area contributed by atoms with Crippen LogP contribution in [0.25, 0.3) is 4.96 Å². The Hall–Kier alpha value is -2.42. The fraction of sp³-hybridized carbons (Fsp3) is 0.500. The third kappa shape index (κ3) is 6.18. The number of nitrogens with zero attached hydrogens (tertiary/aromatic N) is 2. The number of nitrogens with one attached hydrogen (secondary N) is 1. The quantitative estimate of drug-likeness (QED) is 0.620. The zero-order chi connectivity index (χ0) is 18.4. The van der Waals surface area contributed by atoms with Crippen molar-refractivity contribution in [1.82, 2.24) is 14.7 Å². The van der Waals surface area contributed by atoms with Gasteiger partial charge in [0, 0.05) is 30.6 Å². The number of hydrogen-bond acceptors (Lipinski definition) is 7. The molecular formula is C16H21N3O5S. The molecule has 0 aromatic carbocycles. The highest BCUT2D eigenvalue weighted by molar-refractivity contribution is 7.15. The van der Waals surface area contributed by atoms with Crippen molar-refractivity contribution in [2.45, 2.75) is 45.8 Å². The first-order valence-corrected chi connectivity index (χ1v) is 8.71. The average molecular weight is 367 g/mol. The van der Waals surface area contributed by atoms with Crippen molar-refractivity contribution in [2.24, 2.45) is 0 Å². The summed E-state index contributed by atoms with van der Waals surface area (Å²) in [6.45, 7) is 5.58. The Morgan fingerprint density at radius 2 is 2.12 bits per heavy atom. The zero-order valence-electron chi connectivity index (χ0n) is 14.4. The van der Waals surface area contributed by atoms with Gasteiger partial charge in [0.25, 0.3) is 5.56 Å². The maximum absolute atomic E-state index is 11.8. The lowest BCUT2D eigenvalue weighted by Gasteiger charge is -2.19. The van der Waals surface area contributed by atoms with Gasteiger partial charge in [0.1, 0.15) is 12.2 Å². The lowest BCUT2D eigenvalue weighted by Crippen LogP contribution is -2.33. The molecule has 0 aliphatic carbocycles. The molecule has 2 aromatic rings. The third-order valence-corrected chi connectivity index (χ3v) is 3.72. The number of fused-ring (bicyclic) bond motifs is 1. The largest absolute Gasteiger partial charge is 0.459 e. The topological polar surface area (TPSA) is 99.0 Å². The third-order valence-electron chi connectivity index (χ3n) is 2.96. The van der Waals surface area contributed by atoms with E-state index in [1.165, 1.54) is 21.8 Å². The molecule has 0 aliphatic rings. The molecule has 25 heavy (non-hydrogen) atoms. The van der Waals surface area contributed by atoms with Gasteiger partial charge >= 0.3 is 12.1 Å². The molecule has 8 nitrogen and oxygen atoms in total. The van der Waals surface area contributed by atoms with E-state index in [1.54, 1.807) is 32.3 Å². The first-order valence-electron chi connectivity index (χ1n) is 7.83. The Morgan fingerprint density at radius 3 is 2.84 bits per heavy atom. The van der Waals surface area contributed by atoms with Crippen molar-refractivity contribution in [3.05, 3.63) is 33.7 Å². The second kappa shape index (κ2) is 8.11. The summed E-state index contributed by atoms with van der Waals surface area (Å²) in [7, 11) is 0. The lowest BCUT2D eigenvalue weighted by molar-refractivity contribution is -0.145. The monoisotopic (exact) mass is 367 g/mol. The predicted molar refractivity (Wildman–Crippen MR) is 92.6 cm³/mol. The molecule has 2 aromatic heterocycles. The summed E-state index contributed by atoms with van der Waals surface area (Å²) in [5, 5.41) is 4.33. The molecule has 1 N–H and O–H groups in total. The van der Waals surface area contributed by atoms with Gasteiger partial charge in [0.05, 0.1) is 5.69 Å². The molecule has 2 rings (SSSR count). The van der Waals surface area contributed by atoms with Crippen molar-refractivity contribution in [3.63, 3.8) is 0 Å². The molecule has 0 unspecified atom stereocenters. The van der Waals surface area contributed by atoms with Crippen molar-refractivity contribution in [3.8, 4) is 0 Å². The van der Waals surface area contributed by atoms with E-state index in [4.69, 9.17) is 9.47 Å². The van der Waals surface area contributed by atoms with E-state index < -0.39 is 17.7 Å². The van der Waals surface area contributed by atoms with Gasteiger partial charge in [-0.05, 0) is 27.2 Å². The Bertz CT molecular complexity index is 806. The number of aromatic nitrogens is 2. The summed E-state index contributed by atoms with van der Waals surface area (Å²) in [4.78, 5) is 39.8. The Labute approximate surface area is 148 Å². The van der Waals surface area contributed by atoms with Crippen LogP contribution in [-0.2, 0) is 20.9 Å². The Balaban J connectivity index is 1.70. The van der Waals surface area contributed by atoms with E-state index in [2.05, 4.69) is 10.3 Å². The molecule has 2 heterocycles. The summed E-state index contributed by atoms with van der Waals surface area (Å²) in [5.74, 6) is -0.417. The van der Waals surface area contributed by atoms with Crippen LogP contribution in [0.15, 0.2) is 22.4 Å². The Morgan fingerprint density at radius 1 is 1.36 bits per heavy atom. The predicted octanol–water partition coefficient (Wildman–Crippen LogP) is 2.10. The molecule has 0 fully saturated rings. The molecule has 136 valence electrons. The van der Waals surface area contributed by atoms with E-state index in [0.29, 0.717) is 23.6 Å². The smallest absolute Gasteiger partial charge is 0.407 e. The molecule has 1 amide bonds. The van der Waals surface area contributed by atoms with Gasteiger partial charge in [0.2, 0.25) is 0 Å². The highest BCUT2D eigenvalue weighted by Crippen LogP contribution is 2.08. The van der Waals surface area contributed by atoms with Gasteiger partial charge < -0.3 is 14.8 Å². The first-order chi connectivity index (χ1) is 11.7. The summed E-state index contributed by atoms with van der Waals surface area (Å²) in [6.07, 6.45) is 1.70. The zero-order valence-corrected chi connectivity index (χ0v) is 15.2. The maximum Gasteiger partial charge on any atom is 0.407 e. The first kappa shape index (κ1) is 18.9. The minimum absolute atomic E-state index is 0.0536. The van der Waals surface area contributed by atoms with Crippen LogP contribution in [0.5, 0.6) is 0 Å². The number of amides is 1. The second-order valence-electron chi connectivity index (χ2n) is 6.33. The van der Waals surface area contributed by atoms with Gasteiger partial charge in [-0.25, -0.2) is 9.78 Å². The number of alkyl carbamates (subject to hydrolysis) is 1. The summed E-state index contributed by atoms with van der Waals surface area (Å²) in [5.41, 5.74) is -0.357. The van der Waals surface area contributed by atoms with Crippen molar-refractivity contribution < 1.29 is 19.1 Å². The standard InChI is InChI=1S/C16H21N3O5S/c1-16(2,3)24-15(22)17-6-4-5-13(21)23-10-11-9-12(20)19-7-8-25-14(19)18-11/h7-9H,4-6,10H2,1-3H3,(H,17,22). The molecule has 0 saturated carbocycles. The fourth-order valence-corrected chi connectivity index (χ4v) is 2.66. The second-order valence-corrected chi connectivity index (χ2v) is 7.21. The number of thiazole rings is 1. The van der Waals surface area contributed by atoms with Crippen LogP contribution >= 0.6 is 11.3 Å². The molecule has 0 saturated heterocycles. The minimum Gasteiger partial charge on any atom is -0.459 e. The number of carbonyl (C=O) groups excluding carboxylic acids is 2. The number of rotatable bonds is 6.